The van der Waals surface area contributed by atoms with E-state index in [0.29, 0.717) is 23.5 Å². The lowest BCUT2D eigenvalue weighted by Gasteiger charge is -2.23. The highest BCUT2D eigenvalue weighted by atomic mass is 32.2. The second-order valence-corrected chi connectivity index (χ2v) is 10.2. The summed E-state index contributed by atoms with van der Waals surface area (Å²) in [5.41, 5.74) is 3.75. The topological polar surface area (TPSA) is 71.7 Å². The smallest absolute Gasteiger partial charge is 0.142 e. The van der Waals surface area contributed by atoms with E-state index < -0.39 is 28.4 Å². The van der Waals surface area contributed by atoms with Crippen LogP contribution in [-0.4, -0.2) is 27.8 Å². The number of fused-ring (bicyclic) bond motifs is 1. The molecule has 0 saturated carbocycles. The molecule has 0 fully saturated rings. The van der Waals surface area contributed by atoms with Crippen LogP contribution in [0, 0.1) is 0 Å². The molecule has 1 heterocycles. The maximum absolute atomic E-state index is 13.8. The summed E-state index contributed by atoms with van der Waals surface area (Å²) in [6.07, 6.45) is 0. The van der Waals surface area contributed by atoms with Crippen molar-refractivity contribution in [3.8, 4) is 11.1 Å². The Balaban J connectivity index is 2.04. The molecule has 0 amide bonds. The van der Waals surface area contributed by atoms with Crippen molar-refractivity contribution in [3.63, 3.8) is 0 Å². The predicted octanol–water partition coefficient (Wildman–Crippen LogP) is 4.80. The molecule has 0 aliphatic carbocycles. The number of aliphatic hydroxyl groups is 1. The Morgan fingerprint density at radius 1 is 1.23 bits per heavy atom. The molecule has 0 aliphatic heterocycles. The minimum atomic E-state index is -1.40. The summed E-state index contributed by atoms with van der Waals surface area (Å²) >= 11 is 0. The van der Waals surface area contributed by atoms with Crippen molar-refractivity contribution >= 4 is 22.0 Å². The van der Waals surface area contributed by atoms with Crippen LogP contribution in [0.2, 0.25) is 0 Å². The van der Waals surface area contributed by atoms with Crippen LogP contribution in [0.1, 0.15) is 43.7 Å². The van der Waals surface area contributed by atoms with Gasteiger partial charge in [-0.15, -0.1) is 0 Å². The second kappa shape index (κ2) is 9.39. The molecular weight excluding hydrogens is 405 g/mol. The van der Waals surface area contributed by atoms with Crippen LogP contribution in [0.4, 0.5) is 4.39 Å². The molecule has 1 aromatic heterocycles. The number of hydrogen-bond donors (Lipinski definition) is 2. The van der Waals surface area contributed by atoms with Crippen LogP contribution in [0.3, 0.4) is 0 Å². The molecule has 0 radical (unpaired) electrons. The number of benzene rings is 2. The van der Waals surface area contributed by atoms with Gasteiger partial charge in [0.25, 0.3) is 0 Å². The van der Waals surface area contributed by atoms with Gasteiger partial charge < -0.3 is 14.3 Å². The number of aliphatic hydroxyl groups excluding tert-OH is 1. The van der Waals surface area contributed by atoms with Crippen LogP contribution in [0.5, 0.6) is 0 Å². The van der Waals surface area contributed by atoms with Crippen molar-refractivity contribution in [2.45, 2.75) is 44.8 Å². The lowest BCUT2D eigenvalue weighted by Crippen LogP contribution is -2.36. The second-order valence-electron chi connectivity index (χ2n) is 8.20. The highest BCUT2D eigenvalue weighted by molar-refractivity contribution is 7.84. The molecule has 2 aromatic carbocycles. The highest BCUT2D eigenvalue weighted by Gasteiger charge is 2.24. The molecular formula is C23H28FNO4S. The summed E-state index contributed by atoms with van der Waals surface area (Å²) in [7, 11) is 0.199. The number of furan rings is 1. The van der Waals surface area contributed by atoms with Gasteiger partial charge in [0.15, 0.2) is 0 Å². The summed E-state index contributed by atoms with van der Waals surface area (Å²) in [4.78, 5) is 0. The quantitative estimate of drug-likeness (QED) is 0.535. The van der Waals surface area contributed by atoms with E-state index in [1.807, 2.05) is 63.2 Å². The summed E-state index contributed by atoms with van der Waals surface area (Å²) < 4.78 is 39.8. The molecule has 5 nitrogen and oxygen atoms in total. The van der Waals surface area contributed by atoms with Gasteiger partial charge in [-0.1, -0.05) is 18.2 Å². The molecule has 0 bridgehead atoms. The third kappa shape index (κ3) is 4.98. The van der Waals surface area contributed by atoms with Crippen LogP contribution < -0.4 is 4.72 Å². The first kappa shape index (κ1) is 22.6. The average molecular weight is 434 g/mol. The van der Waals surface area contributed by atoms with Crippen molar-refractivity contribution in [1.82, 2.24) is 4.72 Å². The summed E-state index contributed by atoms with van der Waals surface area (Å²) in [6.45, 7) is 5.08. The number of hydrogen-bond acceptors (Lipinski definition) is 4. The first-order chi connectivity index (χ1) is 14.3. The first-order valence-electron chi connectivity index (χ1n) is 9.76. The van der Waals surface area contributed by atoms with Crippen molar-refractivity contribution in [2.24, 2.45) is 0 Å². The van der Waals surface area contributed by atoms with Gasteiger partial charge in [0.05, 0.1) is 28.4 Å². The largest absolute Gasteiger partial charge is 0.458 e. The normalized spacial score (nSPS) is 14.2. The molecule has 3 rings (SSSR count). The summed E-state index contributed by atoms with van der Waals surface area (Å²) in [5, 5.41) is 10.6. The SMILES string of the molecule is COCc1cc2cc(CO)cc(-c3cccc([C@H](CF)NS(=O)C(C)(C)C)c3)c2o1. The lowest BCUT2D eigenvalue weighted by molar-refractivity contribution is 0.166. The minimum Gasteiger partial charge on any atom is -0.458 e. The fraction of sp³-hybridized carbons (Fsp3) is 0.391. The van der Waals surface area contributed by atoms with Crippen LogP contribution in [0.25, 0.3) is 22.1 Å². The van der Waals surface area contributed by atoms with Crippen molar-refractivity contribution in [3.05, 3.63) is 59.4 Å². The minimum absolute atomic E-state index is 0.105. The zero-order valence-electron chi connectivity index (χ0n) is 17.7. The Hall–Kier alpha value is -2.06. The number of rotatable bonds is 8. The predicted molar refractivity (Wildman–Crippen MR) is 118 cm³/mol. The van der Waals surface area contributed by atoms with Gasteiger partial charge in [-0.2, -0.15) is 0 Å². The summed E-state index contributed by atoms with van der Waals surface area (Å²) in [5.74, 6) is 0.684. The molecule has 7 heteroatoms. The van der Waals surface area contributed by atoms with Gasteiger partial charge in [0.2, 0.25) is 0 Å². The first-order valence-corrected chi connectivity index (χ1v) is 10.9. The van der Waals surface area contributed by atoms with Gasteiger partial charge in [0, 0.05) is 18.1 Å². The van der Waals surface area contributed by atoms with Crippen molar-refractivity contribution in [2.75, 3.05) is 13.8 Å². The molecule has 0 aliphatic rings. The molecule has 162 valence electrons. The molecule has 0 spiro atoms. The number of ether oxygens (including phenoxy) is 1. The van der Waals surface area contributed by atoms with Crippen LogP contribution in [0.15, 0.2) is 46.9 Å². The van der Waals surface area contributed by atoms with E-state index in [1.165, 1.54) is 0 Å². The lowest BCUT2D eigenvalue weighted by atomic mass is 9.97. The standard InChI is InChI=1S/C23H28FNO4S/c1-23(2,3)30(27)25-21(12-24)17-7-5-6-16(10-17)20-9-15(13-26)8-18-11-19(14-28-4)29-22(18)20/h5-11,21,25-26H,12-14H2,1-4H3/t21-,30?/m0/s1. The van der Waals surface area contributed by atoms with Gasteiger partial charge in [-0.05, 0) is 61.7 Å². The molecule has 1 unspecified atom stereocenters. The third-order valence-electron chi connectivity index (χ3n) is 4.76. The number of alkyl halides is 1. The van der Waals surface area contributed by atoms with E-state index in [1.54, 1.807) is 7.11 Å². The fourth-order valence-electron chi connectivity index (χ4n) is 3.21. The van der Waals surface area contributed by atoms with Crippen LogP contribution in [-0.2, 0) is 28.9 Å². The number of halogens is 1. The molecule has 2 N–H and O–H groups in total. The maximum Gasteiger partial charge on any atom is 0.142 e. The number of methoxy groups -OCH3 is 1. The Bertz CT molecular complexity index is 1040. The average Bonchev–Trinajstić information content (AvgIpc) is 3.13. The van der Waals surface area contributed by atoms with E-state index in [2.05, 4.69) is 4.72 Å². The van der Waals surface area contributed by atoms with E-state index in [0.717, 1.165) is 22.1 Å². The fourth-order valence-corrected chi connectivity index (χ4v) is 4.02. The van der Waals surface area contributed by atoms with E-state index >= 15 is 0 Å². The van der Waals surface area contributed by atoms with E-state index in [9.17, 15) is 13.7 Å². The Kier molecular flexibility index (Phi) is 7.08. The molecule has 3 aromatic rings. The Morgan fingerprint density at radius 3 is 2.63 bits per heavy atom. The van der Waals surface area contributed by atoms with Crippen molar-refractivity contribution in [1.29, 1.82) is 0 Å². The third-order valence-corrected chi connectivity index (χ3v) is 6.37. The van der Waals surface area contributed by atoms with Crippen molar-refractivity contribution < 1.29 is 22.9 Å². The van der Waals surface area contributed by atoms with Gasteiger partial charge in [0.1, 0.15) is 24.6 Å². The Morgan fingerprint density at radius 2 is 2.00 bits per heavy atom. The molecule has 0 saturated heterocycles. The van der Waals surface area contributed by atoms with Gasteiger partial charge >= 0.3 is 0 Å². The number of nitrogens with one attached hydrogen (secondary N) is 1. The van der Waals surface area contributed by atoms with Gasteiger partial charge in [-0.3, -0.25) is 0 Å². The van der Waals surface area contributed by atoms with Gasteiger partial charge in [-0.25, -0.2) is 13.3 Å². The zero-order valence-corrected chi connectivity index (χ0v) is 18.5. The monoisotopic (exact) mass is 433 g/mol. The maximum atomic E-state index is 13.8. The molecule has 2 atom stereocenters. The summed E-state index contributed by atoms with van der Waals surface area (Å²) in [6, 6.07) is 12.4. The van der Waals surface area contributed by atoms with E-state index in [-0.39, 0.29) is 6.61 Å². The Labute approximate surface area is 178 Å². The highest BCUT2D eigenvalue weighted by Crippen LogP contribution is 2.34. The van der Waals surface area contributed by atoms with E-state index in [4.69, 9.17) is 9.15 Å². The molecule has 30 heavy (non-hydrogen) atoms. The van der Waals surface area contributed by atoms with Crippen LogP contribution >= 0.6 is 0 Å². The zero-order chi connectivity index (χ0) is 21.9.